The summed E-state index contributed by atoms with van der Waals surface area (Å²) in [7, 11) is 0. The first-order valence-electron chi connectivity index (χ1n) is 11.8. The van der Waals surface area contributed by atoms with Crippen LogP contribution in [0.15, 0.2) is 146 Å². The molecule has 5 aromatic carbocycles. The van der Waals surface area contributed by atoms with Gasteiger partial charge in [-0.05, 0) is 39.9 Å². The zero-order valence-corrected chi connectivity index (χ0v) is 19.3. The minimum atomic E-state index is -0.505. The second kappa shape index (κ2) is 10.7. The highest BCUT2D eigenvalue weighted by molar-refractivity contribution is 5.83. The smallest absolute Gasteiger partial charge is 0.319 e. The summed E-state index contributed by atoms with van der Waals surface area (Å²) in [6.07, 6.45) is 0. The lowest BCUT2D eigenvalue weighted by molar-refractivity contribution is -0.136. The van der Waals surface area contributed by atoms with E-state index in [0.29, 0.717) is 5.75 Å². The summed E-state index contributed by atoms with van der Waals surface area (Å²) in [5, 5.41) is 0. The third-order valence-corrected chi connectivity index (χ3v) is 6.24. The normalized spacial score (nSPS) is 11.7. The molecule has 170 valence electrons. The molecule has 5 aromatic rings. The van der Waals surface area contributed by atoms with Crippen molar-refractivity contribution >= 4 is 5.97 Å². The fraction of sp³-hybridized carbons (Fsp3) is 0.0606. The Morgan fingerprint density at radius 2 is 0.857 bits per heavy atom. The van der Waals surface area contributed by atoms with Gasteiger partial charge in [0.05, 0.1) is 5.92 Å². The Morgan fingerprint density at radius 3 is 1.34 bits per heavy atom. The number of carbonyl (C=O) groups is 1. The van der Waals surface area contributed by atoms with Crippen molar-refractivity contribution in [1.82, 2.24) is 0 Å². The summed E-state index contributed by atoms with van der Waals surface area (Å²) in [5.41, 5.74) is 5.28. The molecule has 0 bridgehead atoms. The lowest BCUT2D eigenvalue weighted by atomic mass is 9.77. The summed E-state index contributed by atoms with van der Waals surface area (Å²) in [4.78, 5) is 13.8. The van der Waals surface area contributed by atoms with Gasteiger partial charge in [0.25, 0.3) is 0 Å². The molecule has 1 atom stereocenters. The number of ether oxygens (including phenoxy) is 1. The van der Waals surface area contributed by atoms with Gasteiger partial charge in [-0.25, -0.2) is 0 Å². The highest BCUT2D eigenvalue weighted by Crippen LogP contribution is 2.39. The highest BCUT2D eigenvalue weighted by Gasteiger charge is 2.34. The van der Waals surface area contributed by atoms with Gasteiger partial charge in [0, 0.05) is 5.92 Å². The molecule has 0 aliphatic rings. The Bertz CT molecular complexity index is 1310. The maximum atomic E-state index is 13.8. The third kappa shape index (κ3) is 5.23. The molecule has 0 radical (unpaired) electrons. The summed E-state index contributed by atoms with van der Waals surface area (Å²) >= 11 is 0. The molecule has 0 N–H and O–H groups in total. The van der Waals surface area contributed by atoms with Crippen molar-refractivity contribution in [3.05, 3.63) is 162 Å². The predicted molar refractivity (Wildman–Crippen MR) is 141 cm³/mol. The molecule has 35 heavy (non-hydrogen) atoms. The number of hydrogen-bond donors (Lipinski definition) is 0. The quantitative estimate of drug-likeness (QED) is 0.185. The van der Waals surface area contributed by atoms with Crippen molar-refractivity contribution < 1.29 is 9.53 Å². The predicted octanol–water partition coefficient (Wildman–Crippen LogP) is 7.87. The number of rotatable bonds is 7. The van der Waals surface area contributed by atoms with Gasteiger partial charge in [0.1, 0.15) is 5.75 Å². The molecule has 0 aromatic heterocycles. The van der Waals surface area contributed by atoms with Crippen molar-refractivity contribution in [3.63, 3.8) is 0 Å². The van der Waals surface area contributed by atoms with Crippen LogP contribution in [0.2, 0.25) is 0 Å². The van der Waals surface area contributed by atoms with Crippen molar-refractivity contribution in [1.29, 1.82) is 0 Å². The molecule has 0 fully saturated rings. The first-order valence-corrected chi connectivity index (χ1v) is 11.8. The average molecular weight is 455 g/mol. The second-order valence-corrected chi connectivity index (χ2v) is 8.50. The maximum Gasteiger partial charge on any atom is 0.319 e. The number of esters is 1. The molecule has 2 nitrogen and oxygen atoms in total. The van der Waals surface area contributed by atoms with E-state index in [4.69, 9.17) is 4.74 Å². The monoisotopic (exact) mass is 454 g/mol. The molecule has 0 saturated heterocycles. The van der Waals surface area contributed by atoms with E-state index in [1.54, 1.807) is 0 Å². The van der Waals surface area contributed by atoms with E-state index >= 15 is 0 Å². The van der Waals surface area contributed by atoms with E-state index in [9.17, 15) is 4.79 Å². The number of carbonyl (C=O) groups excluding carboxylic acids is 1. The standard InChI is InChI=1S/C33H26O2/c34-33(35-30-23-21-26(22-24-30)25-13-5-1-6-14-25)32(29-19-11-4-12-20-29)31(27-15-7-2-8-16-27)28-17-9-3-10-18-28/h1-24,31-32H. The number of hydrogen-bond acceptors (Lipinski definition) is 2. The Labute approximate surface area is 206 Å². The summed E-state index contributed by atoms with van der Waals surface area (Å²) < 4.78 is 6.01. The van der Waals surface area contributed by atoms with Crippen LogP contribution < -0.4 is 4.74 Å². The van der Waals surface area contributed by atoms with Crippen LogP contribution in [-0.2, 0) is 4.79 Å². The molecule has 0 aliphatic carbocycles. The Morgan fingerprint density at radius 1 is 0.457 bits per heavy atom. The van der Waals surface area contributed by atoms with Crippen LogP contribution in [0.3, 0.4) is 0 Å². The Hall–Kier alpha value is -4.43. The number of benzene rings is 5. The van der Waals surface area contributed by atoms with E-state index in [1.807, 2.05) is 109 Å². The zero-order valence-electron chi connectivity index (χ0n) is 19.3. The Kier molecular flexibility index (Phi) is 6.82. The van der Waals surface area contributed by atoms with Gasteiger partial charge in [-0.15, -0.1) is 0 Å². The molecular formula is C33H26O2. The Balaban J connectivity index is 1.51. The van der Waals surface area contributed by atoms with E-state index in [0.717, 1.165) is 27.8 Å². The molecule has 1 unspecified atom stereocenters. The minimum Gasteiger partial charge on any atom is -0.426 e. The molecule has 2 heteroatoms. The fourth-order valence-corrected chi connectivity index (χ4v) is 4.55. The molecule has 0 heterocycles. The van der Waals surface area contributed by atoms with Crippen LogP contribution in [0.5, 0.6) is 5.75 Å². The maximum absolute atomic E-state index is 13.8. The van der Waals surface area contributed by atoms with Crippen LogP contribution in [0.1, 0.15) is 28.5 Å². The highest BCUT2D eigenvalue weighted by atomic mass is 16.5. The van der Waals surface area contributed by atoms with Gasteiger partial charge < -0.3 is 4.74 Å². The fourth-order valence-electron chi connectivity index (χ4n) is 4.55. The molecular weight excluding hydrogens is 428 g/mol. The van der Waals surface area contributed by atoms with Crippen LogP contribution in [0, 0.1) is 0 Å². The van der Waals surface area contributed by atoms with E-state index < -0.39 is 5.92 Å². The average Bonchev–Trinajstić information content (AvgIpc) is 2.94. The SMILES string of the molecule is O=C(Oc1ccc(-c2ccccc2)cc1)C(c1ccccc1)C(c1ccccc1)c1ccccc1. The minimum absolute atomic E-state index is 0.184. The van der Waals surface area contributed by atoms with Crippen molar-refractivity contribution in [3.8, 4) is 16.9 Å². The summed E-state index contributed by atoms with van der Waals surface area (Å²) in [5.74, 6) is -0.428. The van der Waals surface area contributed by atoms with Crippen molar-refractivity contribution in [2.75, 3.05) is 0 Å². The lowest BCUT2D eigenvalue weighted by Crippen LogP contribution is -2.26. The lowest BCUT2D eigenvalue weighted by Gasteiger charge is -2.27. The van der Waals surface area contributed by atoms with E-state index in [-0.39, 0.29) is 11.9 Å². The molecule has 0 aliphatic heterocycles. The molecule has 5 rings (SSSR count). The van der Waals surface area contributed by atoms with Gasteiger partial charge in [0.15, 0.2) is 0 Å². The van der Waals surface area contributed by atoms with Gasteiger partial charge >= 0.3 is 5.97 Å². The first-order chi connectivity index (χ1) is 17.3. The summed E-state index contributed by atoms with van der Waals surface area (Å²) in [6.45, 7) is 0. The first kappa shape index (κ1) is 22.4. The largest absolute Gasteiger partial charge is 0.426 e. The molecule has 0 amide bonds. The van der Waals surface area contributed by atoms with Crippen LogP contribution in [0.25, 0.3) is 11.1 Å². The van der Waals surface area contributed by atoms with Crippen LogP contribution in [-0.4, -0.2) is 5.97 Å². The summed E-state index contributed by atoms with van der Waals surface area (Å²) in [6, 6.07) is 48.1. The molecule has 0 saturated carbocycles. The second-order valence-electron chi connectivity index (χ2n) is 8.50. The van der Waals surface area contributed by atoms with Gasteiger partial charge in [-0.1, -0.05) is 133 Å². The van der Waals surface area contributed by atoms with E-state index in [1.165, 1.54) is 0 Å². The topological polar surface area (TPSA) is 26.3 Å². The van der Waals surface area contributed by atoms with Crippen molar-refractivity contribution in [2.24, 2.45) is 0 Å². The third-order valence-electron chi connectivity index (χ3n) is 6.24. The zero-order chi connectivity index (χ0) is 23.9. The van der Waals surface area contributed by atoms with E-state index in [2.05, 4.69) is 36.4 Å². The van der Waals surface area contributed by atoms with Crippen molar-refractivity contribution in [2.45, 2.75) is 11.8 Å². The van der Waals surface area contributed by atoms with Gasteiger partial charge in [0.2, 0.25) is 0 Å². The van der Waals surface area contributed by atoms with Gasteiger partial charge in [-0.3, -0.25) is 4.79 Å². The molecule has 0 spiro atoms. The van der Waals surface area contributed by atoms with Gasteiger partial charge in [-0.2, -0.15) is 0 Å². The van der Waals surface area contributed by atoms with Crippen LogP contribution >= 0.6 is 0 Å². The van der Waals surface area contributed by atoms with Crippen LogP contribution in [0.4, 0.5) is 0 Å².